The molecule has 0 saturated carbocycles. The second-order valence-corrected chi connectivity index (χ2v) is 6.58. The average molecular weight is 388 g/mol. The van der Waals surface area contributed by atoms with Crippen LogP contribution in [0.25, 0.3) is 0 Å². The Morgan fingerprint density at radius 1 is 0.862 bits per heavy atom. The van der Waals surface area contributed by atoms with Crippen molar-refractivity contribution >= 4 is 23.2 Å². The topological polar surface area (TPSA) is 67.9 Å². The number of carbonyl (C=O) groups is 2. The Morgan fingerprint density at radius 2 is 1.52 bits per heavy atom. The molecule has 6 nitrogen and oxygen atoms in total. The van der Waals surface area contributed by atoms with Crippen molar-refractivity contribution in [3.05, 3.63) is 84.4 Å². The van der Waals surface area contributed by atoms with Gasteiger partial charge in [-0.15, -0.1) is 0 Å². The summed E-state index contributed by atoms with van der Waals surface area (Å²) in [5, 5.41) is 2.76. The van der Waals surface area contributed by atoms with E-state index in [0.717, 1.165) is 5.56 Å². The number of fused-ring (bicyclic) bond motifs is 1. The highest BCUT2D eigenvalue weighted by molar-refractivity contribution is 6.10. The first-order valence-corrected chi connectivity index (χ1v) is 9.28. The molecule has 0 spiro atoms. The molecule has 4 rings (SSSR count). The van der Waals surface area contributed by atoms with Gasteiger partial charge in [-0.05, 0) is 42.0 Å². The summed E-state index contributed by atoms with van der Waals surface area (Å²) in [5.74, 6) is 0.767. The number of hydrogen-bond donors (Lipinski definition) is 1. The average Bonchev–Trinajstić information content (AvgIpc) is 2.77. The van der Waals surface area contributed by atoms with Crippen LogP contribution in [-0.4, -0.2) is 25.0 Å². The fourth-order valence-electron chi connectivity index (χ4n) is 3.05. The summed E-state index contributed by atoms with van der Waals surface area (Å²) in [7, 11) is 0. The molecule has 0 atom stereocenters. The molecule has 0 bridgehead atoms. The van der Waals surface area contributed by atoms with E-state index in [1.807, 2.05) is 42.5 Å². The minimum Gasteiger partial charge on any atom is -0.489 e. The van der Waals surface area contributed by atoms with Crippen LogP contribution in [0.2, 0.25) is 0 Å². The molecular formula is C23H20N2O4. The summed E-state index contributed by atoms with van der Waals surface area (Å²) >= 11 is 0. The second kappa shape index (κ2) is 8.48. The van der Waals surface area contributed by atoms with Gasteiger partial charge in [-0.1, -0.05) is 42.5 Å². The van der Waals surface area contributed by atoms with E-state index in [2.05, 4.69) is 5.32 Å². The van der Waals surface area contributed by atoms with Gasteiger partial charge in [-0.25, -0.2) is 0 Å². The first kappa shape index (κ1) is 18.6. The van der Waals surface area contributed by atoms with E-state index in [0.29, 0.717) is 29.5 Å². The maximum atomic E-state index is 12.6. The summed E-state index contributed by atoms with van der Waals surface area (Å²) in [5.41, 5.74) is 2.38. The molecule has 146 valence electrons. The highest BCUT2D eigenvalue weighted by atomic mass is 16.5. The van der Waals surface area contributed by atoms with Gasteiger partial charge in [0, 0.05) is 0 Å². The normalized spacial score (nSPS) is 12.7. The fourth-order valence-corrected chi connectivity index (χ4v) is 3.05. The number of para-hydroxylation sites is 2. The number of rotatable bonds is 6. The number of nitrogens with one attached hydrogen (secondary N) is 1. The Kier molecular flexibility index (Phi) is 5.42. The van der Waals surface area contributed by atoms with E-state index in [1.165, 1.54) is 4.90 Å². The fraction of sp³-hybridized carbons (Fsp3) is 0.130. The van der Waals surface area contributed by atoms with E-state index in [4.69, 9.17) is 9.47 Å². The second-order valence-electron chi connectivity index (χ2n) is 6.58. The Morgan fingerprint density at radius 3 is 2.28 bits per heavy atom. The van der Waals surface area contributed by atoms with Crippen molar-refractivity contribution in [2.75, 3.05) is 23.4 Å². The molecule has 1 aliphatic rings. The van der Waals surface area contributed by atoms with Crippen LogP contribution < -0.4 is 19.7 Å². The minimum absolute atomic E-state index is 0.0224. The van der Waals surface area contributed by atoms with Crippen LogP contribution in [0.1, 0.15) is 5.56 Å². The number of benzene rings is 3. The molecule has 3 aromatic rings. The van der Waals surface area contributed by atoms with Crippen LogP contribution >= 0.6 is 0 Å². The number of hydrogen-bond acceptors (Lipinski definition) is 4. The number of anilines is 2. The standard InChI is InChI=1S/C23H20N2O4/c26-22-14-25(21-9-5-4-8-20(21)24-22)23(27)16-29-19-12-10-18(11-13-19)28-15-17-6-2-1-3-7-17/h1-13H,14-16H2,(H,24,26). The van der Waals surface area contributed by atoms with Gasteiger partial charge in [0.15, 0.2) is 6.61 Å². The lowest BCUT2D eigenvalue weighted by Crippen LogP contribution is -2.44. The van der Waals surface area contributed by atoms with Gasteiger partial charge in [0.25, 0.3) is 5.91 Å². The van der Waals surface area contributed by atoms with Crippen molar-refractivity contribution in [1.29, 1.82) is 0 Å². The van der Waals surface area contributed by atoms with Crippen molar-refractivity contribution in [2.45, 2.75) is 6.61 Å². The zero-order valence-corrected chi connectivity index (χ0v) is 15.7. The molecule has 0 saturated heterocycles. The molecule has 0 radical (unpaired) electrons. The lowest BCUT2D eigenvalue weighted by Gasteiger charge is -2.29. The van der Waals surface area contributed by atoms with Crippen LogP contribution in [0.4, 0.5) is 11.4 Å². The maximum Gasteiger partial charge on any atom is 0.265 e. The molecule has 1 aliphatic heterocycles. The van der Waals surface area contributed by atoms with E-state index in [9.17, 15) is 9.59 Å². The van der Waals surface area contributed by atoms with Crippen molar-refractivity contribution < 1.29 is 19.1 Å². The number of carbonyl (C=O) groups excluding carboxylic acids is 2. The van der Waals surface area contributed by atoms with Crippen molar-refractivity contribution in [1.82, 2.24) is 0 Å². The number of amides is 2. The van der Waals surface area contributed by atoms with Crippen molar-refractivity contribution in [2.24, 2.45) is 0 Å². The monoisotopic (exact) mass is 388 g/mol. The molecule has 1 N–H and O–H groups in total. The molecule has 2 amide bonds. The Bertz CT molecular complexity index is 1000. The Balaban J connectivity index is 1.33. The van der Waals surface area contributed by atoms with E-state index in [1.54, 1.807) is 36.4 Å². The molecule has 3 aromatic carbocycles. The Labute approximate surface area is 168 Å². The third kappa shape index (κ3) is 4.55. The smallest absolute Gasteiger partial charge is 0.265 e. The first-order chi connectivity index (χ1) is 14.2. The van der Waals surface area contributed by atoms with E-state index >= 15 is 0 Å². The van der Waals surface area contributed by atoms with Crippen LogP contribution in [-0.2, 0) is 16.2 Å². The number of ether oxygens (including phenoxy) is 2. The molecule has 1 heterocycles. The van der Waals surface area contributed by atoms with Gasteiger partial charge >= 0.3 is 0 Å². The molecule has 0 fully saturated rings. The summed E-state index contributed by atoms with van der Waals surface area (Å²) in [4.78, 5) is 25.9. The molecule has 0 aromatic heterocycles. The van der Waals surface area contributed by atoms with Crippen LogP contribution in [0.5, 0.6) is 11.5 Å². The molecular weight excluding hydrogens is 368 g/mol. The highest BCUT2D eigenvalue weighted by Crippen LogP contribution is 2.29. The predicted octanol–water partition coefficient (Wildman–Crippen LogP) is 3.63. The van der Waals surface area contributed by atoms with Gasteiger partial charge in [0.2, 0.25) is 5.91 Å². The summed E-state index contributed by atoms with van der Waals surface area (Å²) in [6.45, 7) is 0.299. The zero-order valence-electron chi connectivity index (χ0n) is 15.7. The van der Waals surface area contributed by atoms with Gasteiger partial charge in [0.1, 0.15) is 24.7 Å². The summed E-state index contributed by atoms with van der Waals surface area (Å²) < 4.78 is 11.4. The summed E-state index contributed by atoms with van der Waals surface area (Å²) in [6, 6.07) is 24.2. The molecule has 0 unspecified atom stereocenters. The summed E-state index contributed by atoms with van der Waals surface area (Å²) in [6.07, 6.45) is 0. The maximum absolute atomic E-state index is 12.6. The predicted molar refractivity (Wildman–Crippen MR) is 110 cm³/mol. The molecule has 6 heteroatoms. The van der Waals surface area contributed by atoms with Gasteiger partial charge < -0.3 is 14.8 Å². The minimum atomic E-state index is -0.281. The largest absolute Gasteiger partial charge is 0.489 e. The lowest BCUT2D eigenvalue weighted by atomic mass is 10.2. The van der Waals surface area contributed by atoms with Crippen molar-refractivity contribution in [3.63, 3.8) is 0 Å². The third-order valence-electron chi connectivity index (χ3n) is 4.51. The van der Waals surface area contributed by atoms with Crippen LogP contribution in [0, 0.1) is 0 Å². The Hall–Kier alpha value is -3.80. The van der Waals surface area contributed by atoms with Crippen LogP contribution in [0.3, 0.4) is 0 Å². The molecule has 29 heavy (non-hydrogen) atoms. The third-order valence-corrected chi connectivity index (χ3v) is 4.51. The quantitative estimate of drug-likeness (QED) is 0.700. The van der Waals surface area contributed by atoms with Crippen LogP contribution in [0.15, 0.2) is 78.9 Å². The SMILES string of the molecule is O=C1CN(C(=O)COc2ccc(OCc3ccccc3)cc2)c2ccccc2N1. The van der Waals surface area contributed by atoms with Gasteiger partial charge in [0.05, 0.1) is 11.4 Å². The molecule has 0 aliphatic carbocycles. The van der Waals surface area contributed by atoms with Gasteiger partial charge in [-0.2, -0.15) is 0 Å². The first-order valence-electron chi connectivity index (χ1n) is 9.28. The van der Waals surface area contributed by atoms with Gasteiger partial charge in [-0.3, -0.25) is 14.5 Å². The lowest BCUT2D eigenvalue weighted by molar-refractivity contribution is -0.123. The number of nitrogens with zero attached hydrogens (tertiary/aromatic N) is 1. The van der Waals surface area contributed by atoms with Crippen molar-refractivity contribution in [3.8, 4) is 11.5 Å². The highest BCUT2D eigenvalue weighted by Gasteiger charge is 2.26. The van der Waals surface area contributed by atoms with E-state index in [-0.39, 0.29) is 25.0 Å². The van der Waals surface area contributed by atoms with E-state index < -0.39 is 0 Å². The zero-order chi connectivity index (χ0) is 20.1.